The van der Waals surface area contributed by atoms with Crippen LogP contribution < -0.4 is 20.9 Å². The quantitative estimate of drug-likeness (QED) is 0.227. The van der Waals surface area contributed by atoms with Gasteiger partial charge in [-0.15, -0.1) is 0 Å². The van der Waals surface area contributed by atoms with Gasteiger partial charge in [0.1, 0.15) is 23.0 Å². The number of hydrogen-bond donors (Lipinski definition) is 4. The van der Waals surface area contributed by atoms with E-state index in [2.05, 4.69) is 0 Å². The number of phenols is 2. The number of ketones is 2. The minimum Gasteiger partial charge on any atom is -0.507 e. The number of hydrogen-bond acceptors (Lipinski definition) is 8. The third-order valence-electron chi connectivity index (χ3n) is 5.47. The molecular formula is C26H18N2O6. The van der Waals surface area contributed by atoms with Gasteiger partial charge in [0, 0.05) is 12.1 Å². The zero-order chi connectivity index (χ0) is 24.0. The number of benzene rings is 4. The van der Waals surface area contributed by atoms with Gasteiger partial charge in [0.2, 0.25) is 5.78 Å². The van der Waals surface area contributed by atoms with Crippen molar-refractivity contribution in [3.8, 4) is 34.5 Å². The Labute approximate surface area is 193 Å². The number of carbonyl (C=O) groups is 2. The van der Waals surface area contributed by atoms with Crippen LogP contribution >= 0.6 is 0 Å². The molecule has 8 heteroatoms. The maximum Gasteiger partial charge on any atom is 0.202 e. The second-order valence-electron chi connectivity index (χ2n) is 7.60. The molecule has 0 saturated heterocycles. The number of anilines is 2. The van der Waals surface area contributed by atoms with Crippen molar-refractivity contribution in [1.82, 2.24) is 0 Å². The number of aromatic hydroxyl groups is 2. The average molecular weight is 454 g/mol. The lowest BCUT2D eigenvalue weighted by Gasteiger charge is -2.24. The zero-order valence-electron chi connectivity index (χ0n) is 17.6. The first-order valence-corrected chi connectivity index (χ1v) is 10.2. The van der Waals surface area contributed by atoms with E-state index in [1.807, 2.05) is 0 Å². The van der Waals surface area contributed by atoms with Crippen LogP contribution in [0.3, 0.4) is 0 Å². The molecule has 0 radical (unpaired) electrons. The molecule has 0 fully saturated rings. The smallest absolute Gasteiger partial charge is 0.202 e. The topological polar surface area (TPSA) is 145 Å². The minimum absolute atomic E-state index is 0.00784. The Morgan fingerprint density at radius 2 is 0.912 bits per heavy atom. The van der Waals surface area contributed by atoms with Gasteiger partial charge < -0.3 is 31.2 Å². The Balaban J connectivity index is 1.66. The van der Waals surface area contributed by atoms with Gasteiger partial charge in [-0.2, -0.15) is 0 Å². The van der Waals surface area contributed by atoms with Gasteiger partial charge in [-0.1, -0.05) is 36.4 Å². The first kappa shape index (κ1) is 20.9. The number of fused-ring (bicyclic) bond motifs is 2. The van der Waals surface area contributed by atoms with Crippen LogP contribution in [-0.4, -0.2) is 21.8 Å². The van der Waals surface area contributed by atoms with Gasteiger partial charge in [0.25, 0.3) is 0 Å². The van der Waals surface area contributed by atoms with Gasteiger partial charge in [0.05, 0.1) is 33.6 Å². The van der Waals surface area contributed by atoms with Crippen molar-refractivity contribution in [3.63, 3.8) is 0 Å². The SMILES string of the molecule is Nc1c(Oc2ccccc2)cc(O)c2c1C(=O)c1c(N)c(Oc3ccccc3)cc(O)c1C2=O. The summed E-state index contributed by atoms with van der Waals surface area (Å²) in [6.45, 7) is 0. The van der Waals surface area contributed by atoms with Gasteiger partial charge in [0.15, 0.2) is 17.3 Å². The summed E-state index contributed by atoms with van der Waals surface area (Å²) in [5.41, 5.74) is 11.0. The van der Waals surface area contributed by atoms with Crippen molar-refractivity contribution >= 4 is 22.9 Å². The molecule has 1 aliphatic rings. The summed E-state index contributed by atoms with van der Waals surface area (Å²) < 4.78 is 11.5. The number of ether oxygens (including phenoxy) is 2. The van der Waals surface area contributed by atoms with E-state index in [-0.39, 0.29) is 45.1 Å². The second-order valence-corrected chi connectivity index (χ2v) is 7.60. The van der Waals surface area contributed by atoms with Crippen molar-refractivity contribution in [2.24, 2.45) is 0 Å². The summed E-state index contributed by atoms with van der Waals surface area (Å²) in [6, 6.07) is 19.5. The maximum absolute atomic E-state index is 13.6. The van der Waals surface area contributed by atoms with E-state index in [9.17, 15) is 19.8 Å². The number of nitrogen functional groups attached to an aromatic ring is 2. The maximum atomic E-state index is 13.6. The molecule has 0 saturated carbocycles. The molecule has 1 aliphatic carbocycles. The van der Waals surface area contributed by atoms with Gasteiger partial charge in [-0.25, -0.2) is 0 Å². The summed E-state index contributed by atoms with van der Waals surface area (Å²) in [4.78, 5) is 26.8. The number of nitrogens with two attached hydrogens (primary N) is 2. The number of para-hydroxylation sites is 2. The lowest BCUT2D eigenvalue weighted by atomic mass is 9.81. The third-order valence-corrected chi connectivity index (χ3v) is 5.47. The molecule has 34 heavy (non-hydrogen) atoms. The normalized spacial score (nSPS) is 12.1. The molecule has 8 nitrogen and oxygen atoms in total. The van der Waals surface area contributed by atoms with Gasteiger partial charge in [-0.05, 0) is 24.3 Å². The lowest BCUT2D eigenvalue weighted by molar-refractivity contribution is 0.0975. The lowest BCUT2D eigenvalue weighted by Crippen LogP contribution is -2.24. The Morgan fingerprint density at radius 3 is 1.29 bits per heavy atom. The number of carbonyl (C=O) groups excluding carboxylic acids is 2. The molecule has 0 amide bonds. The minimum atomic E-state index is -0.796. The largest absolute Gasteiger partial charge is 0.507 e. The molecule has 5 rings (SSSR count). The van der Waals surface area contributed by atoms with E-state index in [0.717, 1.165) is 12.1 Å². The monoisotopic (exact) mass is 454 g/mol. The van der Waals surface area contributed by atoms with E-state index in [0.29, 0.717) is 11.5 Å². The molecule has 0 heterocycles. The van der Waals surface area contributed by atoms with Crippen molar-refractivity contribution in [2.75, 3.05) is 11.5 Å². The summed E-state index contributed by atoms with van der Waals surface area (Å²) in [7, 11) is 0. The van der Waals surface area contributed by atoms with Gasteiger partial charge in [-0.3, -0.25) is 9.59 Å². The average Bonchev–Trinajstić information content (AvgIpc) is 2.83. The van der Waals surface area contributed by atoms with Crippen LogP contribution in [0.25, 0.3) is 0 Å². The molecule has 4 aromatic rings. The Bertz CT molecular complexity index is 1360. The van der Waals surface area contributed by atoms with Crippen LogP contribution in [0.2, 0.25) is 0 Å². The first-order valence-electron chi connectivity index (χ1n) is 10.2. The van der Waals surface area contributed by atoms with Crippen LogP contribution in [0.5, 0.6) is 34.5 Å². The highest BCUT2D eigenvalue weighted by Crippen LogP contribution is 2.47. The Kier molecular flexibility index (Phi) is 4.83. The van der Waals surface area contributed by atoms with E-state index in [1.165, 1.54) is 0 Å². The van der Waals surface area contributed by atoms with Crippen LogP contribution in [0.1, 0.15) is 31.8 Å². The zero-order valence-corrected chi connectivity index (χ0v) is 17.6. The fourth-order valence-corrected chi connectivity index (χ4v) is 3.90. The van der Waals surface area contributed by atoms with Crippen LogP contribution in [-0.2, 0) is 0 Å². The van der Waals surface area contributed by atoms with Crippen molar-refractivity contribution in [3.05, 3.63) is 95.1 Å². The fourth-order valence-electron chi connectivity index (χ4n) is 3.90. The summed E-state index contributed by atoms with van der Waals surface area (Å²) >= 11 is 0. The Morgan fingerprint density at radius 1 is 0.559 bits per heavy atom. The van der Waals surface area contributed by atoms with Crippen LogP contribution in [0.4, 0.5) is 11.4 Å². The van der Waals surface area contributed by atoms with E-state index >= 15 is 0 Å². The number of phenolic OH excluding ortho intramolecular Hbond substituents is 2. The molecule has 0 bridgehead atoms. The molecule has 0 aromatic heterocycles. The third kappa shape index (κ3) is 3.25. The molecule has 0 aliphatic heterocycles. The Hall–Kier alpha value is -4.98. The van der Waals surface area contributed by atoms with Crippen LogP contribution in [0.15, 0.2) is 72.8 Å². The van der Waals surface area contributed by atoms with Crippen LogP contribution in [0, 0.1) is 0 Å². The van der Waals surface area contributed by atoms with E-state index in [4.69, 9.17) is 20.9 Å². The number of rotatable bonds is 4. The molecule has 168 valence electrons. The van der Waals surface area contributed by atoms with E-state index in [1.54, 1.807) is 60.7 Å². The molecule has 6 N–H and O–H groups in total. The highest BCUT2D eigenvalue weighted by Gasteiger charge is 2.39. The molecule has 0 atom stereocenters. The summed E-state index contributed by atoms with van der Waals surface area (Å²) in [6.07, 6.45) is 0. The summed E-state index contributed by atoms with van der Waals surface area (Å²) in [5.74, 6) is -1.75. The first-order chi connectivity index (χ1) is 16.4. The van der Waals surface area contributed by atoms with Crippen molar-refractivity contribution < 1.29 is 29.3 Å². The molecule has 0 unspecified atom stereocenters. The highest BCUT2D eigenvalue weighted by molar-refractivity contribution is 6.34. The second kappa shape index (κ2) is 7.86. The predicted octanol–water partition coefficient (Wildman–Crippen LogP) is 4.62. The molecular weight excluding hydrogens is 436 g/mol. The van der Waals surface area contributed by atoms with Crippen molar-refractivity contribution in [1.29, 1.82) is 0 Å². The van der Waals surface area contributed by atoms with Crippen molar-refractivity contribution in [2.45, 2.75) is 0 Å². The molecule has 4 aromatic carbocycles. The van der Waals surface area contributed by atoms with E-state index < -0.39 is 23.1 Å². The predicted molar refractivity (Wildman–Crippen MR) is 125 cm³/mol. The molecule has 0 spiro atoms. The standard InChI is InChI=1S/C26H18N2O6/c27-23-17(33-13-7-3-1-4-8-13)11-15(29)19-21(23)26(32)22-20(25(19)31)16(30)12-18(24(22)28)34-14-9-5-2-6-10-14/h1-12,29-30H,27-28H2. The fraction of sp³-hybridized carbons (Fsp3) is 0. The van der Waals surface area contributed by atoms with Gasteiger partial charge >= 0.3 is 0 Å². The highest BCUT2D eigenvalue weighted by atomic mass is 16.5. The summed E-state index contributed by atoms with van der Waals surface area (Å²) in [5, 5.41) is 21.2.